The van der Waals surface area contributed by atoms with E-state index in [-0.39, 0.29) is 19.3 Å². The van der Waals surface area contributed by atoms with Crippen LogP contribution >= 0.6 is 0 Å². The van der Waals surface area contributed by atoms with Gasteiger partial charge in [-0.25, -0.2) is 0 Å². The van der Waals surface area contributed by atoms with Crippen LogP contribution in [0.15, 0.2) is 36.4 Å². The van der Waals surface area contributed by atoms with Gasteiger partial charge in [0.15, 0.2) is 0 Å². The van der Waals surface area contributed by atoms with Gasteiger partial charge in [-0.3, -0.25) is 0 Å². The van der Waals surface area contributed by atoms with E-state index in [9.17, 15) is 30.6 Å². The van der Waals surface area contributed by atoms with Crippen molar-refractivity contribution in [1.29, 1.82) is 0 Å². The van der Waals surface area contributed by atoms with E-state index in [0.717, 1.165) is 27.8 Å². The van der Waals surface area contributed by atoms with E-state index in [0.29, 0.717) is 5.56 Å². The summed E-state index contributed by atoms with van der Waals surface area (Å²) in [5.41, 5.74) is 1.24. The molecule has 0 saturated heterocycles. The van der Waals surface area contributed by atoms with Crippen molar-refractivity contribution in [1.82, 2.24) is 0 Å². The highest BCUT2D eigenvalue weighted by molar-refractivity contribution is 5.34. The van der Waals surface area contributed by atoms with Crippen LogP contribution in [0.25, 0.3) is 0 Å². The van der Waals surface area contributed by atoms with E-state index in [1.165, 1.54) is 0 Å². The Balaban J connectivity index is 2.51. The smallest absolute Gasteiger partial charge is 0.126 e. The lowest BCUT2D eigenvalue weighted by molar-refractivity contribution is -0.229. The second kappa shape index (κ2) is 10.4. The lowest BCUT2D eigenvalue weighted by Gasteiger charge is -2.46. The number of benzene rings is 2. The molecule has 178 valence electrons. The van der Waals surface area contributed by atoms with Crippen molar-refractivity contribution >= 4 is 0 Å². The van der Waals surface area contributed by atoms with E-state index >= 15 is 0 Å². The molecule has 0 fully saturated rings. The van der Waals surface area contributed by atoms with Gasteiger partial charge in [0.05, 0.1) is 12.2 Å². The molecule has 32 heavy (non-hydrogen) atoms. The van der Waals surface area contributed by atoms with Crippen molar-refractivity contribution in [3.63, 3.8) is 0 Å². The van der Waals surface area contributed by atoms with Gasteiger partial charge in [-0.2, -0.15) is 0 Å². The summed E-state index contributed by atoms with van der Waals surface area (Å²) in [6.45, 7) is 8.56. The Kier molecular flexibility index (Phi) is 8.62. The maximum Gasteiger partial charge on any atom is 0.126 e. The molecular formula is C26H38O6. The number of aliphatic hydroxyl groups is 6. The number of aliphatic hydroxyl groups excluding tert-OH is 4. The molecule has 0 aliphatic rings. The second-order valence-electron chi connectivity index (χ2n) is 9.26. The average molecular weight is 447 g/mol. The van der Waals surface area contributed by atoms with Gasteiger partial charge < -0.3 is 30.6 Å². The zero-order valence-electron chi connectivity index (χ0n) is 19.7. The lowest BCUT2D eigenvalue weighted by atomic mass is 9.71. The van der Waals surface area contributed by atoms with Gasteiger partial charge in [0.2, 0.25) is 0 Å². The Labute approximate surface area is 190 Å². The molecule has 6 nitrogen and oxygen atoms in total. The molecule has 0 aliphatic carbocycles. The topological polar surface area (TPSA) is 121 Å². The fourth-order valence-corrected chi connectivity index (χ4v) is 4.40. The van der Waals surface area contributed by atoms with Crippen LogP contribution in [-0.4, -0.2) is 66.8 Å². The van der Waals surface area contributed by atoms with Crippen LogP contribution in [0.1, 0.15) is 46.7 Å². The molecule has 2 aromatic carbocycles. The molecule has 0 radical (unpaired) electrons. The number of hydrogen-bond acceptors (Lipinski definition) is 6. The van der Waals surface area contributed by atoms with Crippen LogP contribution in [0.3, 0.4) is 0 Å². The van der Waals surface area contributed by atoms with E-state index < -0.39 is 36.1 Å². The molecule has 1 unspecified atom stereocenters. The minimum absolute atomic E-state index is 0.0495. The summed E-state index contributed by atoms with van der Waals surface area (Å²) in [7, 11) is 0. The highest BCUT2D eigenvalue weighted by Gasteiger charge is 2.53. The summed E-state index contributed by atoms with van der Waals surface area (Å²) >= 11 is 0. The number of rotatable bonds is 10. The van der Waals surface area contributed by atoms with Crippen LogP contribution in [-0.2, 0) is 12.8 Å². The third-order valence-corrected chi connectivity index (χ3v) is 6.62. The predicted octanol–water partition coefficient (Wildman–Crippen LogP) is 1.65. The molecule has 0 bridgehead atoms. The Morgan fingerprint density at radius 1 is 0.781 bits per heavy atom. The molecule has 5 atom stereocenters. The van der Waals surface area contributed by atoms with Gasteiger partial charge in [0.1, 0.15) is 23.9 Å². The summed E-state index contributed by atoms with van der Waals surface area (Å²) in [5, 5.41) is 64.8. The first kappa shape index (κ1) is 26.5. The Morgan fingerprint density at radius 3 is 1.66 bits per heavy atom. The van der Waals surface area contributed by atoms with Gasteiger partial charge in [0.25, 0.3) is 0 Å². The van der Waals surface area contributed by atoms with Crippen molar-refractivity contribution in [3.8, 4) is 0 Å². The summed E-state index contributed by atoms with van der Waals surface area (Å²) in [6.07, 6.45) is -5.46. The van der Waals surface area contributed by atoms with Crippen molar-refractivity contribution in [3.05, 3.63) is 69.8 Å². The quantitative estimate of drug-likeness (QED) is 0.330. The van der Waals surface area contributed by atoms with E-state index in [1.54, 1.807) is 13.0 Å². The third-order valence-electron chi connectivity index (χ3n) is 6.62. The fraction of sp³-hybridized carbons (Fsp3) is 0.538. The Hall–Kier alpha value is -1.80. The highest BCUT2D eigenvalue weighted by atomic mass is 16.4. The van der Waals surface area contributed by atoms with Crippen molar-refractivity contribution in [2.24, 2.45) is 0 Å². The second-order valence-corrected chi connectivity index (χ2v) is 9.26. The maximum atomic E-state index is 11.6. The van der Waals surface area contributed by atoms with Gasteiger partial charge in [-0.1, -0.05) is 54.4 Å². The molecule has 0 aliphatic heterocycles. The van der Waals surface area contributed by atoms with Crippen molar-refractivity contribution in [2.75, 3.05) is 6.61 Å². The third kappa shape index (κ3) is 5.57. The van der Waals surface area contributed by atoms with Gasteiger partial charge in [0, 0.05) is 12.8 Å². The molecular weight excluding hydrogens is 408 g/mol. The molecule has 0 saturated carbocycles. The maximum absolute atomic E-state index is 11.6. The minimum Gasteiger partial charge on any atom is -0.394 e. The molecule has 0 heterocycles. The van der Waals surface area contributed by atoms with E-state index in [1.807, 2.05) is 58.0 Å². The summed E-state index contributed by atoms with van der Waals surface area (Å²) in [4.78, 5) is 0. The lowest BCUT2D eigenvalue weighted by Crippen LogP contribution is -2.66. The average Bonchev–Trinajstić information content (AvgIpc) is 2.75. The first-order chi connectivity index (χ1) is 14.9. The number of hydrogen-bond donors (Lipinski definition) is 6. The van der Waals surface area contributed by atoms with E-state index in [2.05, 4.69) is 0 Å². The Bertz CT molecular complexity index is 913. The molecule has 2 aromatic rings. The first-order valence-electron chi connectivity index (χ1n) is 11.1. The molecule has 6 N–H and O–H groups in total. The Morgan fingerprint density at radius 2 is 1.25 bits per heavy atom. The molecule has 6 heteroatoms. The molecule has 0 amide bonds. The zero-order valence-corrected chi connectivity index (χ0v) is 19.7. The molecule has 0 spiro atoms. The minimum atomic E-state index is -2.31. The number of aryl methyl sites for hydroxylation is 4. The largest absolute Gasteiger partial charge is 0.394 e. The summed E-state index contributed by atoms with van der Waals surface area (Å²) < 4.78 is 0. The van der Waals surface area contributed by atoms with Crippen LogP contribution in [0.2, 0.25) is 0 Å². The van der Waals surface area contributed by atoms with Crippen LogP contribution < -0.4 is 0 Å². The van der Waals surface area contributed by atoms with Crippen LogP contribution in [0, 0.1) is 27.7 Å². The summed E-state index contributed by atoms with van der Waals surface area (Å²) in [6, 6.07) is 11.3. The highest BCUT2D eigenvalue weighted by Crippen LogP contribution is 2.35. The fourth-order valence-electron chi connectivity index (χ4n) is 4.40. The van der Waals surface area contributed by atoms with Gasteiger partial charge >= 0.3 is 0 Å². The van der Waals surface area contributed by atoms with Gasteiger partial charge in [-0.15, -0.1) is 0 Å². The van der Waals surface area contributed by atoms with Crippen LogP contribution in [0.4, 0.5) is 0 Å². The van der Waals surface area contributed by atoms with E-state index in [4.69, 9.17) is 0 Å². The molecule has 2 rings (SSSR count). The van der Waals surface area contributed by atoms with Crippen molar-refractivity contribution < 1.29 is 30.6 Å². The van der Waals surface area contributed by atoms with Gasteiger partial charge in [-0.05, 0) is 56.4 Å². The molecule has 0 aromatic heterocycles. The monoisotopic (exact) mass is 446 g/mol. The van der Waals surface area contributed by atoms with Crippen LogP contribution in [0.5, 0.6) is 0 Å². The van der Waals surface area contributed by atoms with Crippen molar-refractivity contribution in [2.45, 2.75) is 83.4 Å². The normalized spacial score (nSPS) is 18.5. The zero-order chi connectivity index (χ0) is 24.3. The standard InChI is InChI=1S/C26H38O6/c1-6-25(31,13-20-9-7-16(2)11-18(20)4)24(30)26(32,23(29)22(28)15-27)14-21-10-8-17(3)12-19(21)5/h7-12,22-24,27-32H,6,13-15H2,1-5H3/t22-,23+,24+,25?,26+/m0/s1. The first-order valence-corrected chi connectivity index (χ1v) is 11.1. The SMILES string of the molecule is CCC(O)(Cc1ccc(C)cc1C)[C@@H](O)[C@@](O)(Cc1ccc(C)cc1C)[C@H](O)[C@@H](O)CO. The predicted molar refractivity (Wildman–Crippen MR) is 125 cm³/mol. The summed E-state index contributed by atoms with van der Waals surface area (Å²) in [5.74, 6) is 0.